The van der Waals surface area contributed by atoms with Gasteiger partial charge in [0.2, 0.25) is 0 Å². The van der Waals surface area contributed by atoms with Crippen LogP contribution in [-0.4, -0.2) is 49.7 Å². The summed E-state index contributed by atoms with van der Waals surface area (Å²) in [4.78, 5) is 14.3. The van der Waals surface area contributed by atoms with Crippen molar-refractivity contribution >= 4 is 5.97 Å². The first-order valence-electron chi connectivity index (χ1n) is 7.45. The number of ether oxygens (including phenoxy) is 1. The van der Waals surface area contributed by atoms with Gasteiger partial charge in [-0.3, -0.25) is 4.79 Å². The summed E-state index contributed by atoms with van der Waals surface area (Å²) in [6.07, 6.45) is 1.79. The fraction of sp³-hybridized carbons (Fsp3) is 0.933. The van der Waals surface area contributed by atoms with Gasteiger partial charge in [-0.2, -0.15) is 0 Å². The third-order valence-corrected chi connectivity index (χ3v) is 3.40. The Kier molecular flexibility index (Phi) is 9.02. The third-order valence-electron chi connectivity index (χ3n) is 3.40. The first kappa shape index (κ1) is 18.4. The van der Waals surface area contributed by atoms with Crippen molar-refractivity contribution in [3.05, 3.63) is 0 Å². The van der Waals surface area contributed by atoms with Crippen molar-refractivity contribution in [1.82, 2.24) is 10.2 Å². The summed E-state index contributed by atoms with van der Waals surface area (Å²) in [5, 5.41) is 3.33. The highest BCUT2D eigenvalue weighted by Gasteiger charge is 2.33. The highest BCUT2D eigenvalue weighted by Crippen LogP contribution is 2.14. The molecule has 0 spiro atoms. The van der Waals surface area contributed by atoms with E-state index in [1.54, 1.807) is 0 Å². The molecule has 0 heterocycles. The van der Waals surface area contributed by atoms with E-state index in [0.29, 0.717) is 5.92 Å². The molecule has 4 nitrogen and oxygen atoms in total. The summed E-state index contributed by atoms with van der Waals surface area (Å²) < 4.78 is 4.94. The molecule has 0 fully saturated rings. The maximum Gasteiger partial charge on any atom is 0.325 e. The molecule has 114 valence electrons. The van der Waals surface area contributed by atoms with Gasteiger partial charge in [0, 0.05) is 13.1 Å². The summed E-state index contributed by atoms with van der Waals surface area (Å²) in [5.41, 5.74) is -0.574. The molecule has 1 unspecified atom stereocenters. The van der Waals surface area contributed by atoms with Crippen LogP contribution in [0.2, 0.25) is 0 Å². The Morgan fingerprint density at radius 1 is 1.37 bits per heavy atom. The van der Waals surface area contributed by atoms with Crippen molar-refractivity contribution < 1.29 is 9.53 Å². The predicted octanol–water partition coefficient (Wildman–Crippen LogP) is 2.29. The zero-order chi connectivity index (χ0) is 14.9. The second-order valence-electron chi connectivity index (χ2n) is 5.79. The molecule has 0 saturated carbocycles. The van der Waals surface area contributed by atoms with Gasteiger partial charge in [0.05, 0.1) is 7.11 Å². The number of nitrogens with zero attached hydrogens (tertiary/aromatic N) is 1. The molecule has 4 heteroatoms. The van der Waals surface area contributed by atoms with Crippen LogP contribution in [0.25, 0.3) is 0 Å². The molecular weight excluding hydrogens is 240 g/mol. The standard InChI is InChI=1S/C15H32N2O2/c1-7-10-16-15(5,14(18)19-6)9-11-17(8-2)12-13(3)4/h13,16H,7-12H2,1-6H3. The molecule has 0 aliphatic carbocycles. The summed E-state index contributed by atoms with van der Waals surface area (Å²) in [7, 11) is 1.46. The van der Waals surface area contributed by atoms with Gasteiger partial charge in [-0.25, -0.2) is 0 Å². The molecule has 0 aliphatic heterocycles. The predicted molar refractivity (Wildman–Crippen MR) is 80.3 cm³/mol. The number of carbonyl (C=O) groups excluding carboxylic acids is 1. The Bertz CT molecular complexity index is 257. The van der Waals surface area contributed by atoms with Crippen molar-refractivity contribution in [2.75, 3.05) is 33.3 Å². The van der Waals surface area contributed by atoms with Gasteiger partial charge < -0.3 is 15.0 Å². The van der Waals surface area contributed by atoms with Crippen molar-refractivity contribution in [3.63, 3.8) is 0 Å². The van der Waals surface area contributed by atoms with Crippen LogP contribution >= 0.6 is 0 Å². The summed E-state index contributed by atoms with van der Waals surface area (Å²) in [5.74, 6) is 0.481. The van der Waals surface area contributed by atoms with E-state index in [1.165, 1.54) is 7.11 Å². The summed E-state index contributed by atoms with van der Waals surface area (Å²) >= 11 is 0. The molecule has 0 bridgehead atoms. The molecule has 0 radical (unpaired) electrons. The molecule has 0 aliphatic rings. The lowest BCUT2D eigenvalue weighted by molar-refractivity contribution is -0.148. The normalized spacial score (nSPS) is 14.7. The first-order chi connectivity index (χ1) is 8.89. The van der Waals surface area contributed by atoms with E-state index < -0.39 is 5.54 Å². The molecule has 1 atom stereocenters. The van der Waals surface area contributed by atoms with Crippen molar-refractivity contribution in [2.24, 2.45) is 5.92 Å². The molecule has 0 aromatic carbocycles. The van der Waals surface area contributed by atoms with E-state index in [2.05, 4.69) is 37.9 Å². The lowest BCUT2D eigenvalue weighted by Gasteiger charge is -2.31. The van der Waals surface area contributed by atoms with E-state index in [-0.39, 0.29) is 5.97 Å². The van der Waals surface area contributed by atoms with E-state index in [0.717, 1.165) is 39.0 Å². The molecule has 0 saturated heterocycles. The number of methoxy groups -OCH3 is 1. The van der Waals surface area contributed by atoms with Gasteiger partial charge in [-0.05, 0) is 38.8 Å². The highest BCUT2D eigenvalue weighted by molar-refractivity contribution is 5.80. The number of nitrogens with one attached hydrogen (secondary N) is 1. The van der Waals surface area contributed by atoms with Gasteiger partial charge >= 0.3 is 5.97 Å². The third kappa shape index (κ3) is 6.92. The highest BCUT2D eigenvalue weighted by atomic mass is 16.5. The van der Waals surface area contributed by atoms with E-state index in [4.69, 9.17) is 4.74 Å². The number of hydrogen-bond acceptors (Lipinski definition) is 4. The Morgan fingerprint density at radius 2 is 2.00 bits per heavy atom. The van der Waals surface area contributed by atoms with Crippen LogP contribution in [0.15, 0.2) is 0 Å². The summed E-state index contributed by atoms with van der Waals surface area (Å²) in [6.45, 7) is 14.5. The number of hydrogen-bond donors (Lipinski definition) is 1. The van der Waals surface area contributed by atoms with E-state index in [9.17, 15) is 4.79 Å². The second-order valence-corrected chi connectivity index (χ2v) is 5.79. The molecule has 0 amide bonds. The fourth-order valence-corrected chi connectivity index (χ4v) is 2.17. The van der Waals surface area contributed by atoms with Gasteiger partial charge in [0.15, 0.2) is 0 Å². The summed E-state index contributed by atoms with van der Waals surface area (Å²) in [6, 6.07) is 0. The molecule has 0 aromatic heterocycles. The SMILES string of the molecule is CCCNC(C)(CCN(CC)CC(C)C)C(=O)OC. The molecule has 0 rings (SSSR count). The maximum absolute atomic E-state index is 12.0. The lowest BCUT2D eigenvalue weighted by Crippen LogP contribution is -2.52. The lowest BCUT2D eigenvalue weighted by atomic mass is 9.97. The topological polar surface area (TPSA) is 41.6 Å². The van der Waals surface area contributed by atoms with Gasteiger partial charge in [0.1, 0.15) is 5.54 Å². The van der Waals surface area contributed by atoms with Crippen LogP contribution in [0.1, 0.15) is 47.5 Å². The monoisotopic (exact) mass is 272 g/mol. The van der Waals surface area contributed by atoms with Crippen molar-refractivity contribution in [2.45, 2.75) is 53.0 Å². The zero-order valence-corrected chi connectivity index (χ0v) is 13.6. The molecule has 19 heavy (non-hydrogen) atoms. The number of carbonyl (C=O) groups is 1. The van der Waals surface area contributed by atoms with Crippen LogP contribution in [0.5, 0.6) is 0 Å². The van der Waals surface area contributed by atoms with Crippen LogP contribution < -0.4 is 5.32 Å². The van der Waals surface area contributed by atoms with Crippen molar-refractivity contribution in [1.29, 1.82) is 0 Å². The molecule has 1 N–H and O–H groups in total. The quantitative estimate of drug-likeness (QED) is 0.620. The Labute approximate surface area is 118 Å². The largest absolute Gasteiger partial charge is 0.468 e. The van der Waals surface area contributed by atoms with Gasteiger partial charge in [-0.1, -0.05) is 27.7 Å². The number of rotatable bonds is 10. The van der Waals surface area contributed by atoms with Crippen LogP contribution in [0.4, 0.5) is 0 Å². The fourth-order valence-electron chi connectivity index (χ4n) is 2.17. The minimum absolute atomic E-state index is 0.165. The van der Waals surface area contributed by atoms with Crippen LogP contribution in [0, 0.1) is 5.92 Å². The maximum atomic E-state index is 12.0. The average molecular weight is 272 g/mol. The Morgan fingerprint density at radius 3 is 2.42 bits per heavy atom. The average Bonchev–Trinajstić information content (AvgIpc) is 2.39. The van der Waals surface area contributed by atoms with Crippen LogP contribution in [0.3, 0.4) is 0 Å². The van der Waals surface area contributed by atoms with Crippen molar-refractivity contribution in [3.8, 4) is 0 Å². The Hall–Kier alpha value is -0.610. The Balaban J connectivity index is 4.50. The van der Waals surface area contributed by atoms with Gasteiger partial charge in [0.25, 0.3) is 0 Å². The molecule has 0 aromatic rings. The second kappa shape index (κ2) is 9.32. The minimum atomic E-state index is -0.574. The minimum Gasteiger partial charge on any atom is -0.468 e. The van der Waals surface area contributed by atoms with Gasteiger partial charge in [-0.15, -0.1) is 0 Å². The zero-order valence-electron chi connectivity index (χ0n) is 13.6. The van der Waals surface area contributed by atoms with Crippen LogP contribution in [-0.2, 0) is 9.53 Å². The number of esters is 1. The van der Waals surface area contributed by atoms with E-state index in [1.807, 2.05) is 6.92 Å². The first-order valence-corrected chi connectivity index (χ1v) is 7.45. The smallest absolute Gasteiger partial charge is 0.325 e. The van der Waals surface area contributed by atoms with E-state index >= 15 is 0 Å². The molecular formula is C15H32N2O2.